The van der Waals surface area contributed by atoms with Crippen molar-refractivity contribution in [2.24, 2.45) is 0 Å². The highest BCUT2D eigenvalue weighted by molar-refractivity contribution is 9.10. The third kappa shape index (κ3) is 2.80. The predicted octanol–water partition coefficient (Wildman–Crippen LogP) is 2.59. The van der Waals surface area contributed by atoms with Gasteiger partial charge in [-0.3, -0.25) is 0 Å². The first-order chi connectivity index (χ1) is 7.60. The molecule has 0 spiro atoms. The lowest BCUT2D eigenvalue weighted by Crippen LogP contribution is -2.23. The van der Waals surface area contributed by atoms with Gasteiger partial charge in [-0.1, -0.05) is 0 Å². The van der Waals surface area contributed by atoms with Crippen LogP contribution in [0.2, 0.25) is 0 Å². The summed E-state index contributed by atoms with van der Waals surface area (Å²) in [5, 5.41) is 8.79. The molecular formula is C11H12BrNO3. The highest BCUT2D eigenvalue weighted by Crippen LogP contribution is 2.30. The summed E-state index contributed by atoms with van der Waals surface area (Å²) in [6.07, 6.45) is 5.77. The van der Waals surface area contributed by atoms with Gasteiger partial charge in [0.1, 0.15) is 0 Å². The summed E-state index contributed by atoms with van der Waals surface area (Å²) in [5.41, 5.74) is 0. The molecule has 86 valence electrons. The van der Waals surface area contributed by atoms with Crippen LogP contribution >= 0.6 is 15.9 Å². The molecule has 16 heavy (non-hydrogen) atoms. The summed E-state index contributed by atoms with van der Waals surface area (Å²) in [6, 6.07) is 1.44. The van der Waals surface area contributed by atoms with Gasteiger partial charge in [0.2, 0.25) is 11.6 Å². The highest BCUT2D eigenvalue weighted by Gasteiger charge is 2.18. The number of nitrogens with zero attached hydrogens (tertiary/aromatic N) is 1. The van der Waals surface area contributed by atoms with E-state index in [1.54, 1.807) is 0 Å². The van der Waals surface area contributed by atoms with E-state index in [1.165, 1.54) is 6.07 Å². The largest absolute Gasteiger partial charge is 0.475 e. The van der Waals surface area contributed by atoms with Crippen LogP contribution in [0.15, 0.2) is 15.0 Å². The zero-order chi connectivity index (χ0) is 12.1. The molecule has 1 N–H and O–H groups in total. The normalized spacial score (nSPS) is 9.81. The smallest absolute Gasteiger partial charge is 0.371 e. The lowest BCUT2D eigenvalue weighted by atomic mass is 10.4. The standard InChI is InChI=1S/C11H12BrNO3/c1-3-5-6-13(4-2)10-8(12)7-9(16-10)11(14)15/h1,7H,4-6H2,2H3,(H,14,15). The van der Waals surface area contributed by atoms with Gasteiger partial charge >= 0.3 is 5.97 Å². The van der Waals surface area contributed by atoms with Crippen LogP contribution in [0.4, 0.5) is 5.88 Å². The Hall–Kier alpha value is -1.41. The molecule has 0 aromatic carbocycles. The average Bonchev–Trinajstić information content (AvgIpc) is 2.62. The molecule has 1 rings (SSSR count). The van der Waals surface area contributed by atoms with E-state index >= 15 is 0 Å². The summed E-state index contributed by atoms with van der Waals surface area (Å²) in [7, 11) is 0. The quantitative estimate of drug-likeness (QED) is 0.845. The lowest BCUT2D eigenvalue weighted by Gasteiger charge is -2.18. The summed E-state index contributed by atoms with van der Waals surface area (Å²) in [5.74, 6) is 1.88. The maximum Gasteiger partial charge on any atom is 0.371 e. The van der Waals surface area contributed by atoms with Crippen LogP contribution in [-0.2, 0) is 0 Å². The van der Waals surface area contributed by atoms with E-state index in [9.17, 15) is 4.79 Å². The number of furan rings is 1. The van der Waals surface area contributed by atoms with Gasteiger partial charge in [0.25, 0.3) is 0 Å². The first-order valence-electron chi connectivity index (χ1n) is 4.81. The summed E-state index contributed by atoms with van der Waals surface area (Å²) in [4.78, 5) is 12.6. The van der Waals surface area contributed by atoms with Crippen LogP contribution in [-0.4, -0.2) is 24.2 Å². The Morgan fingerprint density at radius 2 is 2.44 bits per heavy atom. The predicted molar refractivity (Wildman–Crippen MR) is 64.7 cm³/mol. The molecule has 0 saturated heterocycles. The third-order valence-corrected chi connectivity index (χ3v) is 2.64. The Kier molecular flexibility index (Phi) is 4.44. The molecule has 0 aliphatic rings. The zero-order valence-electron chi connectivity index (χ0n) is 8.86. The Labute approximate surface area is 102 Å². The molecule has 0 aliphatic heterocycles. The van der Waals surface area contributed by atoms with E-state index in [0.717, 1.165) is 0 Å². The van der Waals surface area contributed by atoms with E-state index in [1.807, 2.05) is 11.8 Å². The van der Waals surface area contributed by atoms with Crippen molar-refractivity contribution < 1.29 is 14.3 Å². The number of terminal acetylenes is 1. The van der Waals surface area contributed by atoms with Crippen molar-refractivity contribution in [2.45, 2.75) is 13.3 Å². The molecule has 0 saturated carbocycles. The van der Waals surface area contributed by atoms with Crippen LogP contribution < -0.4 is 4.90 Å². The van der Waals surface area contributed by atoms with Gasteiger partial charge in [-0.2, -0.15) is 0 Å². The molecule has 0 unspecified atom stereocenters. The van der Waals surface area contributed by atoms with E-state index in [4.69, 9.17) is 15.9 Å². The monoisotopic (exact) mass is 285 g/mol. The van der Waals surface area contributed by atoms with Crippen molar-refractivity contribution in [3.8, 4) is 12.3 Å². The van der Waals surface area contributed by atoms with Crippen LogP contribution in [0.5, 0.6) is 0 Å². The molecule has 5 heteroatoms. The minimum atomic E-state index is -1.08. The molecule has 1 heterocycles. The Balaban J connectivity index is 2.92. The number of carboxylic acids is 1. The van der Waals surface area contributed by atoms with Crippen molar-refractivity contribution in [3.05, 3.63) is 16.3 Å². The van der Waals surface area contributed by atoms with Gasteiger partial charge in [0.15, 0.2) is 0 Å². The van der Waals surface area contributed by atoms with Gasteiger partial charge in [-0.15, -0.1) is 12.3 Å². The van der Waals surface area contributed by atoms with Gasteiger partial charge < -0.3 is 14.4 Å². The topological polar surface area (TPSA) is 53.7 Å². The molecule has 0 amide bonds. The molecule has 0 fully saturated rings. The molecule has 0 bridgehead atoms. The minimum absolute atomic E-state index is 0.0824. The number of carboxylic acid groups (broad SMARTS) is 1. The fourth-order valence-electron chi connectivity index (χ4n) is 1.28. The Morgan fingerprint density at radius 1 is 1.75 bits per heavy atom. The van der Waals surface area contributed by atoms with Crippen molar-refractivity contribution >= 4 is 27.8 Å². The lowest BCUT2D eigenvalue weighted by molar-refractivity contribution is 0.0663. The van der Waals surface area contributed by atoms with Gasteiger partial charge in [0, 0.05) is 25.6 Å². The maximum absolute atomic E-state index is 10.7. The molecular weight excluding hydrogens is 274 g/mol. The van der Waals surface area contributed by atoms with Crippen molar-refractivity contribution in [1.82, 2.24) is 0 Å². The maximum atomic E-state index is 10.7. The fourth-order valence-corrected chi connectivity index (χ4v) is 1.82. The third-order valence-electron chi connectivity index (χ3n) is 2.07. The van der Waals surface area contributed by atoms with E-state index in [0.29, 0.717) is 29.9 Å². The fraction of sp³-hybridized carbons (Fsp3) is 0.364. The van der Waals surface area contributed by atoms with E-state index in [-0.39, 0.29) is 5.76 Å². The van der Waals surface area contributed by atoms with Gasteiger partial charge in [-0.05, 0) is 22.9 Å². The molecule has 0 radical (unpaired) electrons. The molecule has 0 aliphatic carbocycles. The number of carbonyl (C=O) groups is 1. The summed E-state index contributed by atoms with van der Waals surface area (Å²) >= 11 is 3.27. The van der Waals surface area contributed by atoms with Gasteiger partial charge in [0.05, 0.1) is 4.47 Å². The number of hydrogen-bond acceptors (Lipinski definition) is 3. The number of halogens is 1. The Bertz CT molecular complexity index is 419. The van der Waals surface area contributed by atoms with Gasteiger partial charge in [-0.25, -0.2) is 4.79 Å². The Morgan fingerprint density at radius 3 is 2.88 bits per heavy atom. The van der Waals surface area contributed by atoms with Crippen LogP contribution in [0.3, 0.4) is 0 Å². The minimum Gasteiger partial charge on any atom is -0.475 e. The summed E-state index contributed by atoms with van der Waals surface area (Å²) < 4.78 is 5.87. The van der Waals surface area contributed by atoms with E-state index in [2.05, 4.69) is 21.9 Å². The van der Waals surface area contributed by atoms with Crippen molar-refractivity contribution in [3.63, 3.8) is 0 Å². The van der Waals surface area contributed by atoms with Crippen LogP contribution in [0.1, 0.15) is 23.9 Å². The van der Waals surface area contributed by atoms with Crippen molar-refractivity contribution in [1.29, 1.82) is 0 Å². The first-order valence-corrected chi connectivity index (χ1v) is 5.60. The number of aromatic carboxylic acids is 1. The number of hydrogen-bond donors (Lipinski definition) is 1. The molecule has 4 nitrogen and oxygen atoms in total. The molecule has 1 aromatic heterocycles. The second-order valence-electron chi connectivity index (χ2n) is 3.10. The average molecular weight is 286 g/mol. The second kappa shape index (κ2) is 5.61. The second-order valence-corrected chi connectivity index (χ2v) is 3.96. The zero-order valence-corrected chi connectivity index (χ0v) is 10.5. The first kappa shape index (κ1) is 12.7. The SMILES string of the molecule is C#CCCN(CC)c1oc(C(=O)O)cc1Br. The molecule has 1 aromatic rings. The number of anilines is 1. The van der Waals surface area contributed by atoms with Crippen LogP contribution in [0.25, 0.3) is 0 Å². The molecule has 0 atom stereocenters. The highest BCUT2D eigenvalue weighted by atomic mass is 79.9. The number of rotatable bonds is 5. The summed E-state index contributed by atoms with van der Waals surface area (Å²) in [6.45, 7) is 3.29. The van der Waals surface area contributed by atoms with E-state index < -0.39 is 5.97 Å². The van der Waals surface area contributed by atoms with Crippen molar-refractivity contribution in [2.75, 3.05) is 18.0 Å². The van der Waals surface area contributed by atoms with Crippen LogP contribution in [0, 0.1) is 12.3 Å².